The lowest BCUT2D eigenvalue weighted by atomic mass is 10.00. The Hall–Kier alpha value is -1.06. The Kier molecular flexibility index (Phi) is 4.59. The van der Waals surface area contributed by atoms with Crippen LogP contribution in [0.15, 0.2) is 24.3 Å². The van der Waals surface area contributed by atoms with Gasteiger partial charge in [0.2, 0.25) is 0 Å². The molecule has 3 heteroatoms. The average Bonchev–Trinajstić information content (AvgIpc) is 2.21. The molecule has 0 bridgehead atoms. The maximum atomic E-state index is 9.13. The Morgan fingerprint density at radius 2 is 1.73 bits per heavy atom. The molecule has 0 aliphatic heterocycles. The number of benzene rings is 1. The summed E-state index contributed by atoms with van der Waals surface area (Å²) in [7, 11) is 0. The largest absolute Gasteiger partial charge is 0.508 e. The van der Waals surface area contributed by atoms with E-state index in [2.05, 4.69) is 18.7 Å². The van der Waals surface area contributed by atoms with Gasteiger partial charge in [-0.15, -0.1) is 0 Å². The third-order valence-electron chi connectivity index (χ3n) is 2.40. The van der Waals surface area contributed by atoms with Crippen molar-refractivity contribution in [2.75, 3.05) is 0 Å². The van der Waals surface area contributed by atoms with Gasteiger partial charge in [-0.05, 0) is 36.5 Å². The second-order valence-corrected chi connectivity index (χ2v) is 4.16. The summed E-state index contributed by atoms with van der Waals surface area (Å²) in [6, 6.07) is 6.71. The minimum atomic E-state index is -0.298. The quantitative estimate of drug-likeness (QED) is 0.578. The monoisotopic (exact) mass is 210 g/mol. The minimum Gasteiger partial charge on any atom is -0.508 e. The molecule has 1 rings (SSSR count). The Morgan fingerprint density at radius 1 is 1.13 bits per heavy atom. The summed E-state index contributed by atoms with van der Waals surface area (Å²) in [6.07, 6.45) is 1.47. The van der Waals surface area contributed by atoms with E-state index in [0.717, 1.165) is 18.4 Å². The van der Waals surface area contributed by atoms with E-state index in [1.807, 2.05) is 0 Å². The predicted molar refractivity (Wildman–Crippen MR) is 58.6 cm³/mol. The van der Waals surface area contributed by atoms with Gasteiger partial charge in [-0.1, -0.05) is 26.0 Å². The molecule has 84 valence electrons. The fourth-order valence-corrected chi connectivity index (χ4v) is 1.45. The standard InChI is InChI=1S/C12H18O3/c1-9(2)3-8-12(15-14)10-4-6-11(13)7-5-10/h4-7,9,12-14H,3,8H2,1-2H3. The van der Waals surface area contributed by atoms with E-state index in [1.54, 1.807) is 24.3 Å². The highest BCUT2D eigenvalue weighted by atomic mass is 17.1. The molecule has 1 aromatic carbocycles. The van der Waals surface area contributed by atoms with Gasteiger partial charge in [-0.25, -0.2) is 4.89 Å². The molecular weight excluding hydrogens is 192 g/mol. The van der Waals surface area contributed by atoms with E-state index in [0.29, 0.717) is 5.92 Å². The van der Waals surface area contributed by atoms with Gasteiger partial charge in [0.15, 0.2) is 0 Å². The van der Waals surface area contributed by atoms with Crippen molar-refractivity contribution in [3.63, 3.8) is 0 Å². The molecule has 1 aromatic rings. The number of hydrogen-bond donors (Lipinski definition) is 2. The van der Waals surface area contributed by atoms with Gasteiger partial charge in [0, 0.05) is 0 Å². The molecule has 15 heavy (non-hydrogen) atoms. The molecule has 0 heterocycles. The van der Waals surface area contributed by atoms with E-state index in [9.17, 15) is 0 Å². The van der Waals surface area contributed by atoms with Crippen molar-refractivity contribution in [3.8, 4) is 5.75 Å². The fraction of sp³-hybridized carbons (Fsp3) is 0.500. The number of aromatic hydroxyl groups is 1. The Morgan fingerprint density at radius 3 is 2.20 bits per heavy atom. The Bertz CT molecular complexity index is 279. The SMILES string of the molecule is CC(C)CCC(OO)c1ccc(O)cc1. The van der Waals surface area contributed by atoms with Crippen LogP contribution < -0.4 is 0 Å². The minimum absolute atomic E-state index is 0.222. The lowest BCUT2D eigenvalue weighted by Gasteiger charge is -2.14. The van der Waals surface area contributed by atoms with Gasteiger partial charge < -0.3 is 5.11 Å². The van der Waals surface area contributed by atoms with Crippen molar-refractivity contribution in [2.45, 2.75) is 32.8 Å². The van der Waals surface area contributed by atoms with Crippen LogP contribution in [0.4, 0.5) is 0 Å². The summed E-state index contributed by atoms with van der Waals surface area (Å²) in [5.41, 5.74) is 0.885. The maximum absolute atomic E-state index is 9.13. The predicted octanol–water partition coefficient (Wildman–Crippen LogP) is 3.36. The number of rotatable bonds is 5. The normalized spacial score (nSPS) is 13.1. The molecule has 0 saturated carbocycles. The molecule has 0 aromatic heterocycles. The maximum Gasteiger partial charge on any atom is 0.118 e. The number of hydrogen-bond acceptors (Lipinski definition) is 3. The number of phenols is 1. The van der Waals surface area contributed by atoms with Crippen molar-refractivity contribution in [2.24, 2.45) is 5.92 Å². The molecule has 1 unspecified atom stereocenters. The van der Waals surface area contributed by atoms with Crippen molar-refractivity contribution in [3.05, 3.63) is 29.8 Å². The molecule has 2 N–H and O–H groups in total. The van der Waals surface area contributed by atoms with Crippen LogP contribution in [-0.4, -0.2) is 10.4 Å². The lowest BCUT2D eigenvalue weighted by molar-refractivity contribution is -0.283. The molecular formula is C12H18O3. The van der Waals surface area contributed by atoms with Crippen molar-refractivity contribution >= 4 is 0 Å². The first-order valence-electron chi connectivity index (χ1n) is 5.22. The smallest absolute Gasteiger partial charge is 0.118 e. The summed E-state index contributed by atoms with van der Waals surface area (Å²) < 4.78 is 0. The van der Waals surface area contributed by atoms with Crippen LogP contribution in [0.3, 0.4) is 0 Å². The van der Waals surface area contributed by atoms with E-state index in [1.165, 1.54) is 0 Å². The molecule has 0 amide bonds. The summed E-state index contributed by atoms with van der Waals surface area (Å²) in [5, 5.41) is 17.9. The van der Waals surface area contributed by atoms with E-state index >= 15 is 0 Å². The highest BCUT2D eigenvalue weighted by Crippen LogP contribution is 2.25. The first-order valence-corrected chi connectivity index (χ1v) is 5.22. The van der Waals surface area contributed by atoms with Gasteiger partial charge >= 0.3 is 0 Å². The van der Waals surface area contributed by atoms with Gasteiger partial charge in [-0.3, -0.25) is 5.26 Å². The van der Waals surface area contributed by atoms with Crippen molar-refractivity contribution < 1.29 is 15.3 Å². The average molecular weight is 210 g/mol. The second kappa shape index (κ2) is 5.73. The van der Waals surface area contributed by atoms with Crippen LogP contribution in [-0.2, 0) is 4.89 Å². The van der Waals surface area contributed by atoms with Crippen LogP contribution >= 0.6 is 0 Å². The third-order valence-corrected chi connectivity index (χ3v) is 2.40. The first kappa shape index (κ1) is 12.0. The zero-order valence-electron chi connectivity index (χ0n) is 9.18. The second-order valence-electron chi connectivity index (χ2n) is 4.16. The van der Waals surface area contributed by atoms with Crippen molar-refractivity contribution in [1.82, 2.24) is 0 Å². The van der Waals surface area contributed by atoms with Crippen LogP contribution in [0.1, 0.15) is 38.4 Å². The molecule has 0 saturated heterocycles. The van der Waals surface area contributed by atoms with Gasteiger partial charge in [0.25, 0.3) is 0 Å². The molecule has 3 nitrogen and oxygen atoms in total. The summed E-state index contributed by atoms with van der Waals surface area (Å²) in [6.45, 7) is 4.26. The van der Waals surface area contributed by atoms with Gasteiger partial charge in [-0.2, -0.15) is 0 Å². The highest BCUT2D eigenvalue weighted by molar-refractivity contribution is 5.27. The Labute approximate surface area is 90.3 Å². The first-order chi connectivity index (χ1) is 7.13. The zero-order valence-corrected chi connectivity index (χ0v) is 9.18. The van der Waals surface area contributed by atoms with Crippen LogP contribution in [0.5, 0.6) is 5.75 Å². The van der Waals surface area contributed by atoms with E-state index in [-0.39, 0.29) is 11.9 Å². The third kappa shape index (κ3) is 3.90. The van der Waals surface area contributed by atoms with Crippen LogP contribution in [0.25, 0.3) is 0 Å². The summed E-state index contributed by atoms with van der Waals surface area (Å²) in [5.74, 6) is 0.805. The fourth-order valence-electron chi connectivity index (χ4n) is 1.45. The van der Waals surface area contributed by atoms with Gasteiger partial charge in [0.05, 0.1) is 0 Å². The molecule has 0 aliphatic rings. The zero-order chi connectivity index (χ0) is 11.3. The summed E-state index contributed by atoms with van der Waals surface area (Å²) in [4.78, 5) is 4.44. The van der Waals surface area contributed by atoms with Crippen molar-refractivity contribution in [1.29, 1.82) is 0 Å². The molecule has 0 spiro atoms. The molecule has 1 atom stereocenters. The number of phenolic OH excluding ortho intramolecular Hbond substituents is 1. The van der Waals surface area contributed by atoms with E-state index < -0.39 is 0 Å². The summed E-state index contributed by atoms with van der Waals surface area (Å²) >= 11 is 0. The van der Waals surface area contributed by atoms with Gasteiger partial charge in [0.1, 0.15) is 11.9 Å². The molecule has 0 radical (unpaired) electrons. The van der Waals surface area contributed by atoms with E-state index in [4.69, 9.17) is 10.4 Å². The molecule has 0 aliphatic carbocycles. The Balaban J connectivity index is 2.61. The highest BCUT2D eigenvalue weighted by Gasteiger charge is 2.12. The topological polar surface area (TPSA) is 49.7 Å². The lowest BCUT2D eigenvalue weighted by Crippen LogP contribution is -2.03. The molecule has 0 fully saturated rings. The van der Waals surface area contributed by atoms with Crippen LogP contribution in [0, 0.1) is 5.92 Å². The van der Waals surface area contributed by atoms with Crippen LogP contribution in [0.2, 0.25) is 0 Å².